The summed E-state index contributed by atoms with van der Waals surface area (Å²) in [7, 11) is -0.220. The lowest BCUT2D eigenvalue weighted by Crippen LogP contribution is -2.41. The van der Waals surface area contributed by atoms with Crippen LogP contribution in [0.3, 0.4) is 0 Å². The van der Waals surface area contributed by atoms with Gasteiger partial charge in [-0.3, -0.25) is 0 Å². The third-order valence-electron chi connectivity index (χ3n) is 4.01. The van der Waals surface area contributed by atoms with Gasteiger partial charge in [0.25, 0.3) is 0 Å². The number of ether oxygens (including phenoxy) is 1. The largest absolute Gasteiger partial charge is 0.486 e. The van der Waals surface area contributed by atoms with Crippen LogP contribution in [0.2, 0.25) is 0 Å². The minimum atomic E-state index is -0.245. The van der Waals surface area contributed by atoms with E-state index in [1.807, 2.05) is 5.98 Å². The van der Waals surface area contributed by atoms with Crippen LogP contribution in [-0.4, -0.2) is 31.5 Å². The van der Waals surface area contributed by atoms with Crippen LogP contribution in [-0.2, 0) is 14.0 Å². The molecule has 2 fully saturated rings. The van der Waals surface area contributed by atoms with Gasteiger partial charge in [-0.1, -0.05) is 12.1 Å². The Morgan fingerprint density at radius 1 is 1.12 bits per heavy atom. The fourth-order valence-corrected chi connectivity index (χ4v) is 2.13. The molecule has 96 valence electrons. The molecule has 1 atom stereocenters. The fraction of sp³-hybridized carbons (Fsp3) is 0.846. The maximum absolute atomic E-state index is 5.91. The van der Waals surface area contributed by atoms with Crippen LogP contribution in [0.15, 0.2) is 12.1 Å². The summed E-state index contributed by atoms with van der Waals surface area (Å²) in [5.41, 5.74) is -0.490. The molecule has 3 nitrogen and oxygen atoms in total. The monoisotopic (exact) mass is 238 g/mol. The Hall–Kier alpha value is -0.315. The molecule has 0 amide bonds. The highest BCUT2D eigenvalue weighted by atomic mass is 16.7. The third kappa shape index (κ3) is 2.93. The van der Waals surface area contributed by atoms with Crippen LogP contribution in [0, 0.1) is 5.92 Å². The van der Waals surface area contributed by atoms with Crippen molar-refractivity contribution in [1.29, 1.82) is 0 Å². The van der Waals surface area contributed by atoms with Crippen molar-refractivity contribution in [1.82, 2.24) is 0 Å². The second-order valence-electron chi connectivity index (χ2n) is 5.99. The molecule has 17 heavy (non-hydrogen) atoms. The van der Waals surface area contributed by atoms with E-state index in [-0.39, 0.29) is 18.3 Å². The van der Waals surface area contributed by atoms with Gasteiger partial charge in [-0.2, -0.15) is 0 Å². The SMILES string of the molecule is CC1(C)OB(/C=C/C2CCCOC2)OC1(C)C. The second-order valence-corrected chi connectivity index (χ2v) is 5.99. The first kappa shape index (κ1) is 13.1. The maximum atomic E-state index is 5.91. The van der Waals surface area contributed by atoms with Crippen molar-refractivity contribution < 1.29 is 14.0 Å². The van der Waals surface area contributed by atoms with E-state index in [0.29, 0.717) is 5.92 Å². The summed E-state index contributed by atoms with van der Waals surface area (Å²) in [6.45, 7) is 10.0. The first-order valence-electron chi connectivity index (χ1n) is 6.52. The molecule has 2 saturated heterocycles. The molecule has 0 aromatic rings. The Labute approximate surface area is 105 Å². The molecule has 2 rings (SSSR count). The average molecular weight is 238 g/mol. The molecule has 0 aromatic carbocycles. The van der Waals surface area contributed by atoms with Gasteiger partial charge in [0.05, 0.1) is 17.8 Å². The molecule has 1 unspecified atom stereocenters. The van der Waals surface area contributed by atoms with Crippen molar-refractivity contribution in [2.45, 2.75) is 51.7 Å². The van der Waals surface area contributed by atoms with Crippen molar-refractivity contribution in [2.75, 3.05) is 13.2 Å². The highest BCUT2D eigenvalue weighted by Gasteiger charge is 2.50. The van der Waals surface area contributed by atoms with E-state index < -0.39 is 0 Å². The van der Waals surface area contributed by atoms with Gasteiger partial charge in [0.1, 0.15) is 0 Å². The van der Waals surface area contributed by atoms with Crippen molar-refractivity contribution >= 4 is 7.12 Å². The molecule has 0 aromatic heterocycles. The molecule has 0 spiro atoms. The normalized spacial score (nSPS) is 32.2. The smallest absolute Gasteiger partial charge is 0.400 e. The molecule has 2 aliphatic heterocycles. The van der Waals surface area contributed by atoms with Crippen molar-refractivity contribution in [3.63, 3.8) is 0 Å². The van der Waals surface area contributed by atoms with E-state index in [4.69, 9.17) is 14.0 Å². The van der Waals surface area contributed by atoms with Gasteiger partial charge in [0, 0.05) is 6.61 Å². The Bertz CT molecular complexity index is 277. The topological polar surface area (TPSA) is 27.7 Å². The van der Waals surface area contributed by atoms with E-state index in [2.05, 4.69) is 33.8 Å². The lowest BCUT2D eigenvalue weighted by molar-refractivity contribution is 0.00578. The number of hydrogen-bond donors (Lipinski definition) is 0. The van der Waals surface area contributed by atoms with E-state index in [1.54, 1.807) is 0 Å². The summed E-state index contributed by atoms with van der Waals surface area (Å²) in [5.74, 6) is 2.55. The molecule has 2 aliphatic rings. The Kier molecular flexibility index (Phi) is 3.67. The van der Waals surface area contributed by atoms with E-state index in [1.165, 1.54) is 6.42 Å². The van der Waals surface area contributed by atoms with Crippen molar-refractivity contribution in [2.24, 2.45) is 5.92 Å². The first-order valence-corrected chi connectivity index (χ1v) is 6.52. The van der Waals surface area contributed by atoms with E-state index >= 15 is 0 Å². The Morgan fingerprint density at radius 3 is 2.29 bits per heavy atom. The second kappa shape index (κ2) is 4.75. The van der Waals surface area contributed by atoms with Gasteiger partial charge in [-0.15, -0.1) is 0 Å². The molecule has 0 saturated carbocycles. The number of rotatable bonds is 2. The van der Waals surface area contributed by atoms with Crippen molar-refractivity contribution in [3.8, 4) is 0 Å². The first-order chi connectivity index (χ1) is 7.91. The molecular weight excluding hydrogens is 215 g/mol. The summed E-state index contributed by atoms with van der Waals surface area (Å²) in [5, 5.41) is 0. The molecular formula is C13H23BO3. The summed E-state index contributed by atoms with van der Waals surface area (Å²) < 4.78 is 17.3. The molecule has 4 heteroatoms. The van der Waals surface area contributed by atoms with Crippen LogP contribution in [0.4, 0.5) is 0 Å². The summed E-state index contributed by atoms with van der Waals surface area (Å²) in [6, 6.07) is 0. The zero-order valence-corrected chi connectivity index (χ0v) is 11.4. The Morgan fingerprint density at radius 2 is 1.76 bits per heavy atom. The summed E-state index contributed by atoms with van der Waals surface area (Å²) >= 11 is 0. The van der Waals surface area contributed by atoms with Gasteiger partial charge in [-0.25, -0.2) is 0 Å². The van der Waals surface area contributed by atoms with Gasteiger partial charge < -0.3 is 14.0 Å². The molecule has 0 aliphatic carbocycles. The lowest BCUT2D eigenvalue weighted by atomic mass is 9.87. The van der Waals surface area contributed by atoms with Gasteiger partial charge in [0.15, 0.2) is 0 Å². The standard InChI is InChI=1S/C13H23BO3/c1-12(2)13(3,4)17-14(16-12)8-7-11-6-5-9-15-10-11/h7-8,11H,5-6,9-10H2,1-4H3/b8-7+. The zero-order valence-electron chi connectivity index (χ0n) is 11.4. The van der Waals surface area contributed by atoms with Gasteiger partial charge in [-0.05, 0) is 46.5 Å². The Balaban J connectivity index is 1.90. The van der Waals surface area contributed by atoms with Crippen LogP contribution >= 0.6 is 0 Å². The average Bonchev–Trinajstić information content (AvgIpc) is 2.46. The molecule has 2 heterocycles. The van der Waals surface area contributed by atoms with Crippen molar-refractivity contribution in [3.05, 3.63) is 12.1 Å². The minimum Gasteiger partial charge on any atom is -0.400 e. The van der Waals surface area contributed by atoms with E-state index in [9.17, 15) is 0 Å². The quantitative estimate of drug-likeness (QED) is 0.692. The highest BCUT2D eigenvalue weighted by Crippen LogP contribution is 2.37. The minimum absolute atomic E-state index is 0.220. The molecule has 0 N–H and O–H groups in total. The lowest BCUT2D eigenvalue weighted by Gasteiger charge is -2.32. The summed E-state index contributed by atoms with van der Waals surface area (Å²) in [4.78, 5) is 0. The van der Waals surface area contributed by atoms with E-state index in [0.717, 1.165) is 19.6 Å². The fourth-order valence-electron chi connectivity index (χ4n) is 2.13. The van der Waals surface area contributed by atoms with Gasteiger partial charge >= 0.3 is 7.12 Å². The van der Waals surface area contributed by atoms with Crippen LogP contribution < -0.4 is 0 Å². The van der Waals surface area contributed by atoms with Crippen LogP contribution in [0.1, 0.15) is 40.5 Å². The number of hydrogen-bond acceptors (Lipinski definition) is 3. The highest BCUT2D eigenvalue weighted by molar-refractivity contribution is 6.51. The predicted octanol–water partition coefficient (Wildman–Crippen LogP) is 2.60. The molecule has 0 bridgehead atoms. The third-order valence-corrected chi connectivity index (χ3v) is 4.01. The zero-order chi connectivity index (χ0) is 12.5. The predicted molar refractivity (Wildman–Crippen MR) is 68.8 cm³/mol. The maximum Gasteiger partial charge on any atom is 0.486 e. The van der Waals surface area contributed by atoms with Gasteiger partial charge in [0.2, 0.25) is 0 Å². The summed E-state index contributed by atoms with van der Waals surface area (Å²) in [6.07, 6.45) is 4.54. The molecule has 0 radical (unpaired) electrons. The van der Waals surface area contributed by atoms with Crippen LogP contribution in [0.5, 0.6) is 0 Å². The van der Waals surface area contributed by atoms with Crippen LogP contribution in [0.25, 0.3) is 0 Å².